The number of nitrogens with one attached hydrogen (secondary N) is 2. The van der Waals surface area contributed by atoms with E-state index in [0.717, 1.165) is 56.1 Å². The molecule has 1 saturated heterocycles. The van der Waals surface area contributed by atoms with Crippen LogP contribution in [-0.4, -0.2) is 55.6 Å². The molecule has 0 saturated carbocycles. The number of thioether (sulfide) groups is 1. The Kier molecular flexibility index (Phi) is 8.76. The molecule has 0 bridgehead atoms. The highest BCUT2D eigenvalue weighted by Crippen LogP contribution is 2.29. The van der Waals surface area contributed by atoms with E-state index in [2.05, 4.69) is 26.8 Å². The number of alkyl halides is 3. The molecule has 0 aliphatic carbocycles. The van der Waals surface area contributed by atoms with Crippen molar-refractivity contribution in [3.63, 3.8) is 0 Å². The van der Waals surface area contributed by atoms with E-state index in [1.807, 2.05) is 11.8 Å². The van der Waals surface area contributed by atoms with Crippen molar-refractivity contribution in [1.29, 1.82) is 0 Å². The van der Waals surface area contributed by atoms with Crippen LogP contribution in [-0.2, 0) is 12.7 Å². The van der Waals surface area contributed by atoms with Gasteiger partial charge < -0.3 is 10.6 Å². The smallest absolute Gasteiger partial charge is 0.356 e. The summed E-state index contributed by atoms with van der Waals surface area (Å²) in [7, 11) is 1.77. The number of hydrogen-bond donors (Lipinski definition) is 2. The summed E-state index contributed by atoms with van der Waals surface area (Å²) in [6, 6.07) is 5.75. The van der Waals surface area contributed by atoms with Crippen molar-refractivity contribution in [3.8, 4) is 0 Å². The lowest BCUT2D eigenvalue weighted by atomic mass is 10.1. The van der Waals surface area contributed by atoms with E-state index in [1.165, 1.54) is 12.2 Å². The van der Waals surface area contributed by atoms with E-state index in [9.17, 15) is 13.2 Å². The third-order valence-corrected chi connectivity index (χ3v) is 5.29. The van der Waals surface area contributed by atoms with Crippen LogP contribution in [0.4, 0.5) is 13.2 Å². The van der Waals surface area contributed by atoms with E-state index in [-0.39, 0.29) is 0 Å². The van der Waals surface area contributed by atoms with Crippen LogP contribution in [0.5, 0.6) is 0 Å². The Hall–Kier alpha value is -1.41. The third-order valence-electron chi connectivity index (χ3n) is 4.59. The summed E-state index contributed by atoms with van der Waals surface area (Å²) in [6.45, 7) is 3.34. The van der Waals surface area contributed by atoms with Crippen LogP contribution in [0.3, 0.4) is 0 Å². The average Bonchev–Trinajstić information content (AvgIpc) is 3.07. The van der Waals surface area contributed by atoms with Gasteiger partial charge in [0, 0.05) is 39.3 Å². The molecule has 8 heteroatoms. The van der Waals surface area contributed by atoms with Crippen LogP contribution in [0.2, 0.25) is 0 Å². The normalized spacial score (nSPS) is 18.7. The van der Waals surface area contributed by atoms with Gasteiger partial charge >= 0.3 is 6.18 Å². The third kappa shape index (κ3) is 7.62. The highest BCUT2D eigenvalue weighted by molar-refractivity contribution is 7.98. The monoisotopic (exact) mass is 402 g/mol. The molecule has 1 aliphatic rings. The molecule has 27 heavy (non-hydrogen) atoms. The summed E-state index contributed by atoms with van der Waals surface area (Å²) in [4.78, 5) is 6.53. The highest BCUT2D eigenvalue weighted by Gasteiger charge is 2.30. The van der Waals surface area contributed by atoms with E-state index in [4.69, 9.17) is 0 Å². The maximum Gasteiger partial charge on any atom is 0.416 e. The van der Waals surface area contributed by atoms with Gasteiger partial charge in [0.25, 0.3) is 0 Å². The topological polar surface area (TPSA) is 39.7 Å². The molecule has 0 radical (unpaired) electrons. The van der Waals surface area contributed by atoms with Crippen LogP contribution in [0.1, 0.15) is 30.4 Å². The summed E-state index contributed by atoms with van der Waals surface area (Å²) >= 11 is 1.86. The zero-order chi connectivity index (χ0) is 19.7. The standard InChI is InChI=1S/C19H29F3N4S/c1-23-18(24-10-3-4-12-27-2)25-17-9-11-26(14-17)13-15-5-7-16(8-6-15)19(20,21)22/h5-8,17H,3-4,9-14H2,1-2H3,(H2,23,24,25). The van der Waals surface area contributed by atoms with Crippen LogP contribution in [0, 0.1) is 0 Å². The van der Waals surface area contributed by atoms with Gasteiger partial charge in [-0.1, -0.05) is 12.1 Å². The van der Waals surface area contributed by atoms with Gasteiger partial charge in [-0.3, -0.25) is 9.89 Å². The summed E-state index contributed by atoms with van der Waals surface area (Å²) in [5, 5.41) is 6.79. The molecule has 4 nitrogen and oxygen atoms in total. The quantitative estimate of drug-likeness (QED) is 0.396. The number of halogens is 3. The van der Waals surface area contributed by atoms with Crippen molar-refractivity contribution < 1.29 is 13.2 Å². The van der Waals surface area contributed by atoms with Crippen LogP contribution >= 0.6 is 11.8 Å². The van der Waals surface area contributed by atoms with Gasteiger partial charge in [-0.25, -0.2) is 0 Å². The molecule has 0 amide bonds. The number of aliphatic imine (C=N–C) groups is 1. The molecular weight excluding hydrogens is 373 g/mol. The number of rotatable bonds is 8. The molecule has 1 heterocycles. The zero-order valence-electron chi connectivity index (χ0n) is 16.0. The van der Waals surface area contributed by atoms with Gasteiger partial charge in [-0.15, -0.1) is 0 Å². The van der Waals surface area contributed by atoms with Crippen molar-refractivity contribution in [3.05, 3.63) is 35.4 Å². The Morgan fingerprint density at radius 3 is 2.63 bits per heavy atom. The SMILES string of the molecule is CN=C(NCCCCSC)NC1CCN(Cc2ccc(C(F)(F)F)cc2)C1. The van der Waals surface area contributed by atoms with Crippen molar-refractivity contribution in [1.82, 2.24) is 15.5 Å². The number of hydrogen-bond acceptors (Lipinski definition) is 3. The Balaban J connectivity index is 1.74. The van der Waals surface area contributed by atoms with Gasteiger partial charge in [-0.05, 0) is 49.0 Å². The fourth-order valence-electron chi connectivity index (χ4n) is 3.12. The van der Waals surface area contributed by atoms with E-state index in [0.29, 0.717) is 12.6 Å². The van der Waals surface area contributed by atoms with Crippen LogP contribution < -0.4 is 10.6 Å². The molecule has 1 atom stereocenters. The van der Waals surface area contributed by atoms with Crippen molar-refractivity contribution in [2.24, 2.45) is 4.99 Å². The first-order valence-electron chi connectivity index (χ1n) is 9.27. The number of likely N-dealkylation sites (tertiary alicyclic amines) is 1. The predicted molar refractivity (Wildman–Crippen MR) is 107 cm³/mol. The first-order valence-corrected chi connectivity index (χ1v) is 10.7. The Bertz CT molecular complexity index is 590. The second-order valence-electron chi connectivity index (χ2n) is 6.76. The molecule has 1 fully saturated rings. The Labute approximate surface area is 164 Å². The van der Waals surface area contributed by atoms with Gasteiger partial charge in [-0.2, -0.15) is 24.9 Å². The molecule has 0 spiro atoms. The largest absolute Gasteiger partial charge is 0.416 e. The van der Waals surface area contributed by atoms with E-state index < -0.39 is 11.7 Å². The fourth-order valence-corrected chi connectivity index (χ4v) is 3.61. The second kappa shape index (κ2) is 10.8. The number of nitrogens with zero attached hydrogens (tertiary/aromatic N) is 2. The number of benzene rings is 1. The minimum atomic E-state index is -4.28. The van der Waals surface area contributed by atoms with E-state index >= 15 is 0 Å². The van der Waals surface area contributed by atoms with Crippen LogP contribution in [0.25, 0.3) is 0 Å². The van der Waals surface area contributed by atoms with Crippen molar-refractivity contribution in [2.75, 3.05) is 38.7 Å². The molecule has 152 valence electrons. The molecular formula is C19H29F3N4S. The summed E-state index contributed by atoms with van der Waals surface area (Å²) < 4.78 is 37.9. The molecule has 1 aromatic carbocycles. The lowest BCUT2D eigenvalue weighted by Gasteiger charge is -2.19. The molecule has 2 rings (SSSR count). The fraction of sp³-hybridized carbons (Fsp3) is 0.632. The van der Waals surface area contributed by atoms with Crippen LogP contribution in [0.15, 0.2) is 29.3 Å². The van der Waals surface area contributed by atoms with Gasteiger partial charge in [0.05, 0.1) is 5.56 Å². The average molecular weight is 403 g/mol. The maximum atomic E-state index is 12.6. The predicted octanol–water partition coefficient (Wildman–Crippen LogP) is 3.59. The van der Waals surface area contributed by atoms with Gasteiger partial charge in [0.1, 0.15) is 0 Å². The Morgan fingerprint density at radius 1 is 1.26 bits per heavy atom. The number of guanidine groups is 1. The van der Waals surface area contributed by atoms with Crippen molar-refractivity contribution >= 4 is 17.7 Å². The molecule has 1 aliphatic heterocycles. The minimum absolute atomic E-state index is 0.303. The summed E-state index contributed by atoms with van der Waals surface area (Å²) in [6.07, 6.45) is 1.14. The zero-order valence-corrected chi connectivity index (χ0v) is 16.8. The van der Waals surface area contributed by atoms with E-state index in [1.54, 1.807) is 19.2 Å². The van der Waals surface area contributed by atoms with Gasteiger partial charge in [0.2, 0.25) is 0 Å². The molecule has 1 aromatic rings. The Morgan fingerprint density at radius 2 is 2.00 bits per heavy atom. The summed E-state index contributed by atoms with van der Waals surface area (Å²) in [5.74, 6) is 2.00. The second-order valence-corrected chi connectivity index (χ2v) is 7.74. The summed E-state index contributed by atoms with van der Waals surface area (Å²) in [5.41, 5.74) is 0.305. The molecule has 2 N–H and O–H groups in total. The first-order chi connectivity index (χ1) is 12.9. The lowest BCUT2D eigenvalue weighted by Crippen LogP contribution is -2.44. The maximum absolute atomic E-state index is 12.6. The van der Waals surface area contributed by atoms with Crippen molar-refractivity contribution in [2.45, 2.75) is 38.0 Å². The number of unbranched alkanes of at least 4 members (excludes halogenated alkanes) is 1. The highest BCUT2D eigenvalue weighted by atomic mass is 32.2. The van der Waals surface area contributed by atoms with Gasteiger partial charge in [0.15, 0.2) is 5.96 Å². The lowest BCUT2D eigenvalue weighted by molar-refractivity contribution is -0.137. The first kappa shape index (κ1) is 21.9. The molecule has 1 unspecified atom stereocenters. The molecule has 0 aromatic heterocycles. The minimum Gasteiger partial charge on any atom is -0.356 e.